The van der Waals surface area contributed by atoms with Crippen molar-refractivity contribution in [1.82, 2.24) is 0 Å². The highest BCUT2D eigenvalue weighted by Crippen LogP contribution is 2.25. The maximum atomic E-state index is 11.0. The molecule has 0 atom stereocenters. The lowest BCUT2D eigenvalue weighted by Gasteiger charge is -2.20. The van der Waals surface area contributed by atoms with Crippen LogP contribution in [-0.2, 0) is 0 Å². The number of carboxylic acid groups (broad SMARTS) is 1. The van der Waals surface area contributed by atoms with Gasteiger partial charge in [-0.15, -0.1) is 0 Å². The minimum atomic E-state index is -1.09. The van der Waals surface area contributed by atoms with Crippen LogP contribution in [0.15, 0.2) is 18.2 Å². The summed E-state index contributed by atoms with van der Waals surface area (Å²) in [6.07, 6.45) is 0.832. The van der Waals surface area contributed by atoms with Crippen LogP contribution in [0.1, 0.15) is 23.7 Å². The van der Waals surface area contributed by atoms with Gasteiger partial charge in [0.05, 0.1) is 16.2 Å². The third kappa shape index (κ3) is 2.93. The first-order valence-corrected chi connectivity index (χ1v) is 5.20. The summed E-state index contributed by atoms with van der Waals surface area (Å²) in [6.45, 7) is 2.59. The average Bonchev–Trinajstić information content (AvgIpc) is 2.28. The topological polar surface area (TPSA) is 83.7 Å². The van der Waals surface area contributed by atoms with Crippen LogP contribution in [0.2, 0.25) is 0 Å². The van der Waals surface area contributed by atoms with E-state index in [0.717, 1.165) is 6.42 Å². The number of benzene rings is 1. The number of nitro benzene ring substituents is 1. The summed E-state index contributed by atoms with van der Waals surface area (Å²) in [5.41, 5.74) is 0.341. The third-order valence-electron chi connectivity index (χ3n) is 2.39. The van der Waals surface area contributed by atoms with Crippen molar-refractivity contribution >= 4 is 17.3 Å². The molecule has 1 aromatic carbocycles. The standard InChI is InChI=1S/C11H14N2O4/c1-3-6-12(2)10-7-8(13(16)17)4-5-9(10)11(14)15/h4-5,7H,3,6H2,1-2H3,(H,14,15). The van der Waals surface area contributed by atoms with E-state index in [9.17, 15) is 14.9 Å². The van der Waals surface area contributed by atoms with Gasteiger partial charge in [-0.2, -0.15) is 0 Å². The molecule has 0 aliphatic carbocycles. The molecule has 1 aromatic rings. The van der Waals surface area contributed by atoms with E-state index >= 15 is 0 Å². The second-order valence-corrected chi connectivity index (χ2v) is 3.69. The molecule has 17 heavy (non-hydrogen) atoms. The number of aromatic carboxylic acids is 1. The van der Waals surface area contributed by atoms with Crippen LogP contribution in [0.4, 0.5) is 11.4 Å². The van der Waals surface area contributed by atoms with Crippen molar-refractivity contribution in [2.75, 3.05) is 18.5 Å². The molecule has 0 heterocycles. The van der Waals surface area contributed by atoms with Crippen molar-refractivity contribution in [3.8, 4) is 0 Å². The Morgan fingerprint density at radius 3 is 2.65 bits per heavy atom. The van der Waals surface area contributed by atoms with Crippen LogP contribution >= 0.6 is 0 Å². The van der Waals surface area contributed by atoms with Gasteiger partial charge < -0.3 is 10.0 Å². The molecule has 0 aliphatic rings. The van der Waals surface area contributed by atoms with E-state index in [1.165, 1.54) is 18.2 Å². The van der Waals surface area contributed by atoms with Gasteiger partial charge >= 0.3 is 5.97 Å². The fraction of sp³-hybridized carbons (Fsp3) is 0.364. The Hall–Kier alpha value is -2.11. The molecule has 1 rings (SSSR count). The minimum Gasteiger partial charge on any atom is -0.478 e. The minimum absolute atomic E-state index is 0.0755. The van der Waals surface area contributed by atoms with Gasteiger partial charge in [0, 0.05) is 25.7 Å². The highest BCUT2D eigenvalue weighted by Gasteiger charge is 2.17. The first-order valence-electron chi connectivity index (χ1n) is 5.20. The molecule has 0 bridgehead atoms. The van der Waals surface area contributed by atoms with Crippen LogP contribution in [0, 0.1) is 10.1 Å². The molecular formula is C11H14N2O4. The second-order valence-electron chi connectivity index (χ2n) is 3.69. The van der Waals surface area contributed by atoms with Gasteiger partial charge in [0.2, 0.25) is 0 Å². The quantitative estimate of drug-likeness (QED) is 0.627. The van der Waals surface area contributed by atoms with Crippen LogP contribution < -0.4 is 4.90 Å². The monoisotopic (exact) mass is 238 g/mol. The molecule has 0 unspecified atom stereocenters. The first kappa shape index (κ1) is 13.0. The predicted octanol–water partition coefficient (Wildman–Crippen LogP) is 2.14. The molecule has 6 heteroatoms. The second kappa shape index (κ2) is 5.29. The van der Waals surface area contributed by atoms with Gasteiger partial charge in [-0.25, -0.2) is 4.79 Å². The summed E-state index contributed by atoms with van der Waals surface area (Å²) in [5, 5.41) is 19.7. The Morgan fingerprint density at radius 2 is 2.18 bits per heavy atom. The van der Waals surface area contributed by atoms with Crippen LogP contribution in [-0.4, -0.2) is 29.6 Å². The summed E-state index contributed by atoms with van der Waals surface area (Å²) in [6, 6.07) is 3.76. The Labute approximate surface area is 98.6 Å². The van der Waals surface area contributed by atoms with Crippen LogP contribution in [0.3, 0.4) is 0 Å². The molecule has 0 amide bonds. The van der Waals surface area contributed by atoms with Crippen molar-refractivity contribution < 1.29 is 14.8 Å². The number of nitrogens with zero attached hydrogens (tertiary/aromatic N) is 2. The van der Waals surface area contributed by atoms with E-state index in [1.807, 2.05) is 6.92 Å². The first-order chi connectivity index (χ1) is 7.97. The molecule has 0 aliphatic heterocycles. The largest absolute Gasteiger partial charge is 0.478 e. The molecular weight excluding hydrogens is 224 g/mol. The highest BCUT2D eigenvalue weighted by atomic mass is 16.6. The number of carbonyl (C=O) groups is 1. The predicted molar refractivity (Wildman–Crippen MR) is 63.6 cm³/mol. The maximum absolute atomic E-state index is 11.0. The Kier molecular flexibility index (Phi) is 4.03. The van der Waals surface area contributed by atoms with Crippen LogP contribution in [0.5, 0.6) is 0 Å². The van der Waals surface area contributed by atoms with E-state index in [4.69, 9.17) is 5.11 Å². The number of non-ortho nitro benzene ring substituents is 1. The number of nitro groups is 1. The number of hydrogen-bond acceptors (Lipinski definition) is 4. The molecule has 0 saturated heterocycles. The summed E-state index contributed by atoms with van der Waals surface area (Å²) in [5.74, 6) is -1.09. The Balaban J connectivity index is 3.24. The molecule has 0 radical (unpaired) electrons. The molecule has 1 N–H and O–H groups in total. The van der Waals surface area contributed by atoms with Crippen molar-refractivity contribution in [2.45, 2.75) is 13.3 Å². The zero-order chi connectivity index (χ0) is 13.0. The van der Waals surface area contributed by atoms with E-state index < -0.39 is 10.9 Å². The fourth-order valence-corrected chi connectivity index (χ4v) is 1.59. The van der Waals surface area contributed by atoms with E-state index in [2.05, 4.69) is 0 Å². The molecule has 0 spiro atoms. The number of carboxylic acids is 1. The van der Waals surface area contributed by atoms with Gasteiger partial charge in [0.15, 0.2) is 0 Å². The zero-order valence-corrected chi connectivity index (χ0v) is 9.71. The normalized spacial score (nSPS) is 10.0. The number of rotatable bonds is 5. The summed E-state index contributed by atoms with van der Waals surface area (Å²) in [7, 11) is 1.72. The molecule has 0 fully saturated rings. The van der Waals surface area contributed by atoms with Crippen molar-refractivity contribution in [1.29, 1.82) is 0 Å². The highest BCUT2D eigenvalue weighted by molar-refractivity contribution is 5.95. The van der Waals surface area contributed by atoms with Gasteiger partial charge in [0.25, 0.3) is 5.69 Å². The van der Waals surface area contributed by atoms with Crippen LogP contribution in [0.25, 0.3) is 0 Å². The van der Waals surface area contributed by atoms with Crippen molar-refractivity contribution in [2.24, 2.45) is 0 Å². The SMILES string of the molecule is CCCN(C)c1cc([N+](=O)[O-])ccc1C(=O)O. The Morgan fingerprint density at radius 1 is 1.53 bits per heavy atom. The number of anilines is 1. The molecule has 0 saturated carbocycles. The average molecular weight is 238 g/mol. The Bertz CT molecular complexity index is 445. The van der Waals surface area contributed by atoms with Gasteiger partial charge in [-0.05, 0) is 12.5 Å². The third-order valence-corrected chi connectivity index (χ3v) is 2.39. The summed E-state index contributed by atoms with van der Waals surface area (Å²) >= 11 is 0. The van der Waals surface area contributed by atoms with Gasteiger partial charge in [-0.3, -0.25) is 10.1 Å². The lowest BCUT2D eigenvalue weighted by atomic mass is 10.1. The fourth-order valence-electron chi connectivity index (χ4n) is 1.59. The van der Waals surface area contributed by atoms with E-state index in [-0.39, 0.29) is 11.3 Å². The molecule has 0 aromatic heterocycles. The smallest absolute Gasteiger partial charge is 0.337 e. The maximum Gasteiger partial charge on any atom is 0.337 e. The van der Waals surface area contributed by atoms with Crippen molar-refractivity contribution in [3.05, 3.63) is 33.9 Å². The van der Waals surface area contributed by atoms with Crippen molar-refractivity contribution in [3.63, 3.8) is 0 Å². The number of hydrogen-bond donors (Lipinski definition) is 1. The lowest BCUT2D eigenvalue weighted by molar-refractivity contribution is -0.384. The molecule has 92 valence electrons. The molecule has 6 nitrogen and oxygen atoms in total. The van der Waals surface area contributed by atoms with E-state index in [1.54, 1.807) is 11.9 Å². The summed E-state index contributed by atoms with van der Waals surface area (Å²) < 4.78 is 0. The summed E-state index contributed by atoms with van der Waals surface area (Å²) in [4.78, 5) is 22.8. The van der Waals surface area contributed by atoms with Gasteiger partial charge in [0.1, 0.15) is 0 Å². The van der Waals surface area contributed by atoms with E-state index in [0.29, 0.717) is 12.2 Å². The zero-order valence-electron chi connectivity index (χ0n) is 9.71. The van der Waals surface area contributed by atoms with Gasteiger partial charge in [-0.1, -0.05) is 6.92 Å². The lowest BCUT2D eigenvalue weighted by Crippen LogP contribution is -2.20.